The number of nitrogens with zero attached hydrogens (tertiary/aromatic N) is 2. The SMILES string of the molecule is CC(C)(C)C(=O)/C(C#N)=C\c1ccc(N2CCOCC2)cc1. The Morgan fingerprint density at radius 3 is 2.32 bits per heavy atom. The molecule has 0 unspecified atom stereocenters. The third kappa shape index (κ3) is 3.96. The van der Waals surface area contributed by atoms with Gasteiger partial charge in [-0.25, -0.2) is 0 Å². The summed E-state index contributed by atoms with van der Waals surface area (Å²) in [7, 11) is 0. The number of benzene rings is 1. The van der Waals surface area contributed by atoms with Crippen molar-refractivity contribution in [1.29, 1.82) is 5.26 Å². The molecule has 0 N–H and O–H groups in total. The van der Waals surface area contributed by atoms with Gasteiger partial charge in [-0.05, 0) is 23.8 Å². The summed E-state index contributed by atoms with van der Waals surface area (Å²) in [5.41, 5.74) is 1.66. The predicted octanol–water partition coefficient (Wildman–Crippen LogP) is 3.05. The first-order chi connectivity index (χ1) is 10.4. The maximum Gasteiger partial charge on any atom is 0.178 e. The third-order valence-electron chi connectivity index (χ3n) is 3.63. The van der Waals surface area contributed by atoms with E-state index >= 15 is 0 Å². The highest BCUT2D eigenvalue weighted by Gasteiger charge is 2.24. The van der Waals surface area contributed by atoms with Crippen molar-refractivity contribution < 1.29 is 9.53 Å². The molecule has 116 valence electrons. The van der Waals surface area contributed by atoms with Gasteiger partial charge in [-0.15, -0.1) is 0 Å². The van der Waals surface area contributed by atoms with Gasteiger partial charge < -0.3 is 9.64 Å². The first-order valence-corrected chi connectivity index (χ1v) is 7.51. The summed E-state index contributed by atoms with van der Waals surface area (Å²) < 4.78 is 5.35. The van der Waals surface area contributed by atoms with Crippen LogP contribution in [0.4, 0.5) is 5.69 Å². The Bertz CT molecular complexity index is 597. The molecule has 1 saturated heterocycles. The first-order valence-electron chi connectivity index (χ1n) is 7.51. The molecule has 2 rings (SSSR count). The average Bonchev–Trinajstić information content (AvgIpc) is 2.52. The molecule has 0 spiro atoms. The minimum atomic E-state index is -0.546. The van der Waals surface area contributed by atoms with Crippen LogP contribution in [0.3, 0.4) is 0 Å². The molecule has 1 heterocycles. The van der Waals surface area contributed by atoms with Crippen molar-refractivity contribution in [2.45, 2.75) is 20.8 Å². The number of nitriles is 1. The van der Waals surface area contributed by atoms with Gasteiger partial charge in [0.25, 0.3) is 0 Å². The van der Waals surface area contributed by atoms with E-state index in [1.165, 1.54) is 0 Å². The van der Waals surface area contributed by atoms with E-state index in [4.69, 9.17) is 4.74 Å². The van der Waals surface area contributed by atoms with Crippen LogP contribution >= 0.6 is 0 Å². The van der Waals surface area contributed by atoms with Gasteiger partial charge >= 0.3 is 0 Å². The molecule has 4 nitrogen and oxygen atoms in total. The predicted molar refractivity (Wildman–Crippen MR) is 87.5 cm³/mol. The number of carbonyl (C=O) groups is 1. The van der Waals surface area contributed by atoms with E-state index in [9.17, 15) is 10.1 Å². The molecule has 0 aromatic heterocycles. The van der Waals surface area contributed by atoms with E-state index in [-0.39, 0.29) is 11.4 Å². The summed E-state index contributed by atoms with van der Waals surface area (Å²) in [5, 5.41) is 9.22. The minimum Gasteiger partial charge on any atom is -0.378 e. The van der Waals surface area contributed by atoms with Gasteiger partial charge in [0.15, 0.2) is 5.78 Å². The molecule has 1 fully saturated rings. The summed E-state index contributed by atoms with van der Waals surface area (Å²) in [6.45, 7) is 8.75. The maximum absolute atomic E-state index is 12.2. The van der Waals surface area contributed by atoms with E-state index in [1.807, 2.05) is 51.1 Å². The minimum absolute atomic E-state index is 0.132. The van der Waals surface area contributed by atoms with Crippen LogP contribution in [0, 0.1) is 16.7 Å². The van der Waals surface area contributed by atoms with Gasteiger partial charge in [0.05, 0.1) is 18.8 Å². The lowest BCUT2D eigenvalue weighted by molar-refractivity contribution is -0.121. The van der Waals surface area contributed by atoms with Crippen LogP contribution in [0.15, 0.2) is 29.8 Å². The third-order valence-corrected chi connectivity index (χ3v) is 3.63. The standard InChI is InChI=1S/C18H22N2O2/c1-18(2,3)17(21)15(13-19)12-14-4-6-16(7-5-14)20-8-10-22-11-9-20/h4-7,12H,8-11H2,1-3H3/b15-12-. The Balaban J connectivity index is 2.17. The van der Waals surface area contributed by atoms with Gasteiger partial charge in [-0.1, -0.05) is 32.9 Å². The van der Waals surface area contributed by atoms with Gasteiger partial charge in [-0.2, -0.15) is 5.26 Å². The van der Waals surface area contributed by atoms with E-state index in [1.54, 1.807) is 6.08 Å². The molecule has 0 amide bonds. The molecule has 1 aliphatic rings. The molecule has 0 radical (unpaired) electrons. The van der Waals surface area contributed by atoms with Gasteiger partial charge in [0.2, 0.25) is 0 Å². The van der Waals surface area contributed by atoms with Crippen LogP contribution in [-0.2, 0) is 9.53 Å². The summed E-state index contributed by atoms with van der Waals surface area (Å²) in [5.74, 6) is -0.132. The first kappa shape index (κ1) is 16.3. The largest absolute Gasteiger partial charge is 0.378 e. The van der Waals surface area contributed by atoms with E-state index < -0.39 is 5.41 Å². The lowest BCUT2D eigenvalue weighted by atomic mass is 9.86. The second kappa shape index (κ2) is 6.76. The fourth-order valence-electron chi connectivity index (χ4n) is 2.32. The van der Waals surface area contributed by atoms with E-state index in [2.05, 4.69) is 4.90 Å². The average molecular weight is 298 g/mol. The molecule has 1 aliphatic heterocycles. The van der Waals surface area contributed by atoms with Crippen molar-refractivity contribution in [2.24, 2.45) is 5.41 Å². The summed E-state index contributed by atoms with van der Waals surface area (Å²) in [4.78, 5) is 14.5. The number of morpholine rings is 1. The number of rotatable bonds is 3. The van der Waals surface area contributed by atoms with Crippen molar-refractivity contribution in [3.05, 3.63) is 35.4 Å². The monoisotopic (exact) mass is 298 g/mol. The summed E-state index contributed by atoms with van der Waals surface area (Å²) in [6.07, 6.45) is 1.66. The second-order valence-electron chi connectivity index (χ2n) is 6.44. The highest BCUT2D eigenvalue weighted by molar-refractivity contribution is 6.06. The normalized spacial score (nSPS) is 16.3. The number of allylic oxidation sites excluding steroid dienone is 1. The van der Waals surface area contributed by atoms with Crippen molar-refractivity contribution in [3.8, 4) is 6.07 Å². The Labute approximate surface area is 132 Å². The number of ketones is 1. The van der Waals surface area contributed by atoms with Crippen LogP contribution < -0.4 is 4.90 Å². The van der Waals surface area contributed by atoms with E-state index in [0.29, 0.717) is 0 Å². The highest BCUT2D eigenvalue weighted by Crippen LogP contribution is 2.22. The number of ether oxygens (including phenoxy) is 1. The van der Waals surface area contributed by atoms with Gasteiger partial charge in [-0.3, -0.25) is 4.79 Å². The van der Waals surface area contributed by atoms with Crippen LogP contribution in [0.25, 0.3) is 6.08 Å². The number of hydrogen-bond donors (Lipinski definition) is 0. The number of Topliss-reactive ketones (excluding diaryl/α,β-unsaturated/α-hetero) is 1. The molecule has 0 bridgehead atoms. The molecule has 0 aliphatic carbocycles. The van der Waals surface area contributed by atoms with Crippen LogP contribution in [0.1, 0.15) is 26.3 Å². The Morgan fingerprint density at radius 1 is 1.23 bits per heavy atom. The Hall–Kier alpha value is -2.12. The zero-order valence-corrected chi connectivity index (χ0v) is 13.4. The molecule has 1 aromatic rings. The van der Waals surface area contributed by atoms with Crippen molar-refractivity contribution >= 4 is 17.5 Å². The number of hydrogen-bond acceptors (Lipinski definition) is 4. The molecule has 0 atom stereocenters. The Kier molecular flexibility index (Phi) is 4.99. The molecule has 0 saturated carbocycles. The van der Waals surface area contributed by atoms with E-state index in [0.717, 1.165) is 37.6 Å². The summed E-state index contributed by atoms with van der Waals surface area (Å²) in [6, 6.07) is 9.95. The smallest absolute Gasteiger partial charge is 0.178 e. The zero-order valence-electron chi connectivity index (χ0n) is 13.4. The number of anilines is 1. The fraction of sp³-hybridized carbons (Fsp3) is 0.444. The number of carbonyl (C=O) groups excluding carboxylic acids is 1. The maximum atomic E-state index is 12.2. The van der Waals surface area contributed by atoms with Crippen LogP contribution in [0.2, 0.25) is 0 Å². The van der Waals surface area contributed by atoms with Crippen LogP contribution in [-0.4, -0.2) is 32.1 Å². The van der Waals surface area contributed by atoms with Crippen molar-refractivity contribution in [2.75, 3.05) is 31.2 Å². The van der Waals surface area contributed by atoms with Gasteiger partial charge in [0, 0.05) is 24.2 Å². The lowest BCUT2D eigenvalue weighted by Crippen LogP contribution is -2.36. The molecular weight excluding hydrogens is 276 g/mol. The molecular formula is C18H22N2O2. The quantitative estimate of drug-likeness (QED) is 0.636. The zero-order chi connectivity index (χ0) is 16.2. The highest BCUT2D eigenvalue weighted by atomic mass is 16.5. The lowest BCUT2D eigenvalue weighted by Gasteiger charge is -2.28. The Morgan fingerprint density at radius 2 is 1.82 bits per heavy atom. The molecule has 1 aromatic carbocycles. The van der Waals surface area contributed by atoms with Crippen molar-refractivity contribution in [3.63, 3.8) is 0 Å². The molecule has 4 heteroatoms. The fourth-order valence-corrected chi connectivity index (χ4v) is 2.32. The van der Waals surface area contributed by atoms with Gasteiger partial charge in [0.1, 0.15) is 6.07 Å². The summed E-state index contributed by atoms with van der Waals surface area (Å²) >= 11 is 0. The van der Waals surface area contributed by atoms with Crippen LogP contribution in [0.5, 0.6) is 0 Å². The molecule has 22 heavy (non-hydrogen) atoms. The van der Waals surface area contributed by atoms with Crippen molar-refractivity contribution in [1.82, 2.24) is 0 Å². The second-order valence-corrected chi connectivity index (χ2v) is 6.44. The topological polar surface area (TPSA) is 53.3 Å².